The number of carbonyl (C=O) groups excluding carboxylic acids is 1. The van der Waals surface area contributed by atoms with Gasteiger partial charge in [-0.05, 0) is 39.0 Å². The van der Waals surface area contributed by atoms with Crippen molar-refractivity contribution < 1.29 is 4.79 Å². The number of amides is 1. The van der Waals surface area contributed by atoms with Crippen LogP contribution in [0.4, 0.5) is 0 Å². The Hall–Kier alpha value is -2.83. The Kier molecular flexibility index (Phi) is 3.54. The van der Waals surface area contributed by atoms with Crippen LogP contribution < -0.4 is 5.32 Å². The molecule has 2 aromatic heterocycles. The van der Waals surface area contributed by atoms with E-state index in [9.17, 15) is 4.79 Å². The Morgan fingerprint density at radius 1 is 1.27 bits per heavy atom. The van der Waals surface area contributed by atoms with Gasteiger partial charge >= 0.3 is 0 Å². The molecule has 1 atom stereocenters. The molecule has 2 heterocycles. The van der Waals surface area contributed by atoms with Crippen LogP contribution in [0.1, 0.15) is 40.4 Å². The lowest BCUT2D eigenvalue weighted by atomic mass is 10.0. The van der Waals surface area contributed by atoms with Gasteiger partial charge in [-0.3, -0.25) is 9.78 Å². The van der Waals surface area contributed by atoms with Crippen molar-refractivity contribution in [3.05, 3.63) is 46.9 Å². The number of aromatic amines is 1. The summed E-state index contributed by atoms with van der Waals surface area (Å²) in [5.74, 6) is 0.262. The monoisotopic (exact) mass is 296 g/mol. The molecule has 22 heavy (non-hydrogen) atoms. The molecule has 0 aliphatic heterocycles. The second-order valence-corrected chi connectivity index (χ2v) is 5.30. The first kappa shape index (κ1) is 14.1. The SMILES string of the molecule is Cc1ccc2nc(C)cc(C(=O)N[C@H](C)c3nn[nH]n3)c2c1. The van der Waals surface area contributed by atoms with Crippen molar-refractivity contribution in [1.29, 1.82) is 0 Å². The van der Waals surface area contributed by atoms with Crippen LogP contribution in [0.25, 0.3) is 10.9 Å². The van der Waals surface area contributed by atoms with Gasteiger partial charge in [-0.25, -0.2) is 0 Å². The summed E-state index contributed by atoms with van der Waals surface area (Å²) in [4.78, 5) is 17.1. The number of carbonyl (C=O) groups is 1. The average Bonchev–Trinajstić information content (AvgIpc) is 3.01. The zero-order valence-electron chi connectivity index (χ0n) is 12.6. The van der Waals surface area contributed by atoms with Gasteiger partial charge in [0.25, 0.3) is 5.91 Å². The number of H-pyrrole nitrogens is 1. The maximum absolute atomic E-state index is 12.6. The lowest BCUT2D eigenvalue weighted by Crippen LogP contribution is -2.27. The number of hydrogen-bond acceptors (Lipinski definition) is 5. The Labute approximate surface area is 127 Å². The summed E-state index contributed by atoms with van der Waals surface area (Å²) < 4.78 is 0. The maximum atomic E-state index is 12.6. The molecule has 112 valence electrons. The van der Waals surface area contributed by atoms with Gasteiger partial charge in [0.2, 0.25) is 0 Å². The van der Waals surface area contributed by atoms with Gasteiger partial charge in [-0.2, -0.15) is 5.21 Å². The van der Waals surface area contributed by atoms with Gasteiger partial charge in [-0.1, -0.05) is 16.8 Å². The molecule has 0 radical (unpaired) electrons. The second kappa shape index (κ2) is 5.51. The van der Waals surface area contributed by atoms with Crippen molar-refractivity contribution >= 4 is 16.8 Å². The molecule has 0 bridgehead atoms. The first-order chi connectivity index (χ1) is 10.5. The number of pyridine rings is 1. The molecule has 3 rings (SSSR count). The zero-order valence-corrected chi connectivity index (χ0v) is 12.6. The fraction of sp³-hybridized carbons (Fsp3) is 0.267. The van der Waals surface area contributed by atoms with Gasteiger partial charge in [-0.15, -0.1) is 10.2 Å². The highest BCUT2D eigenvalue weighted by Gasteiger charge is 2.17. The van der Waals surface area contributed by atoms with Crippen molar-refractivity contribution in [2.75, 3.05) is 0 Å². The topological polar surface area (TPSA) is 96.5 Å². The number of hydrogen-bond donors (Lipinski definition) is 2. The predicted octanol–water partition coefficient (Wildman–Crippen LogP) is 1.86. The lowest BCUT2D eigenvalue weighted by Gasteiger charge is -2.12. The number of nitrogens with one attached hydrogen (secondary N) is 2. The first-order valence-corrected chi connectivity index (χ1v) is 6.97. The smallest absolute Gasteiger partial charge is 0.252 e. The van der Waals surface area contributed by atoms with Crippen molar-refractivity contribution in [2.24, 2.45) is 0 Å². The van der Waals surface area contributed by atoms with Crippen LogP contribution in [-0.4, -0.2) is 31.5 Å². The van der Waals surface area contributed by atoms with Crippen LogP contribution in [0.3, 0.4) is 0 Å². The molecule has 2 N–H and O–H groups in total. The highest BCUT2D eigenvalue weighted by Crippen LogP contribution is 2.20. The minimum atomic E-state index is -0.334. The highest BCUT2D eigenvalue weighted by molar-refractivity contribution is 6.06. The summed E-state index contributed by atoms with van der Waals surface area (Å²) in [5, 5.41) is 17.4. The van der Waals surface area contributed by atoms with Crippen molar-refractivity contribution in [3.8, 4) is 0 Å². The Bertz CT molecular complexity index is 827. The molecule has 1 amide bonds. The summed E-state index contributed by atoms with van der Waals surface area (Å²) in [6.45, 7) is 5.67. The highest BCUT2D eigenvalue weighted by atomic mass is 16.1. The number of aryl methyl sites for hydroxylation is 2. The molecule has 1 aromatic carbocycles. The predicted molar refractivity (Wildman–Crippen MR) is 81.3 cm³/mol. The number of benzene rings is 1. The number of fused-ring (bicyclic) bond motifs is 1. The van der Waals surface area contributed by atoms with Gasteiger partial charge in [0.1, 0.15) is 0 Å². The van der Waals surface area contributed by atoms with Crippen LogP contribution in [-0.2, 0) is 0 Å². The minimum absolute atomic E-state index is 0.182. The molecule has 7 nitrogen and oxygen atoms in total. The van der Waals surface area contributed by atoms with Crippen LogP contribution in [0.5, 0.6) is 0 Å². The van der Waals surface area contributed by atoms with E-state index in [0.717, 1.165) is 22.2 Å². The fourth-order valence-corrected chi connectivity index (χ4v) is 2.35. The minimum Gasteiger partial charge on any atom is -0.342 e. The third-order valence-electron chi connectivity index (χ3n) is 3.43. The van der Waals surface area contributed by atoms with Gasteiger partial charge < -0.3 is 5.32 Å². The quantitative estimate of drug-likeness (QED) is 0.769. The molecule has 0 spiro atoms. The molecule has 3 aromatic rings. The van der Waals surface area contributed by atoms with Gasteiger partial charge in [0, 0.05) is 11.1 Å². The van der Waals surface area contributed by atoms with Crippen LogP contribution in [0, 0.1) is 13.8 Å². The third-order valence-corrected chi connectivity index (χ3v) is 3.43. The first-order valence-electron chi connectivity index (χ1n) is 6.97. The van der Waals surface area contributed by atoms with E-state index in [1.54, 1.807) is 6.07 Å². The zero-order chi connectivity index (χ0) is 15.7. The summed E-state index contributed by atoms with van der Waals surface area (Å²) in [6.07, 6.45) is 0. The normalized spacial score (nSPS) is 12.3. The van der Waals surface area contributed by atoms with Crippen molar-refractivity contribution in [2.45, 2.75) is 26.8 Å². The molecule has 0 saturated carbocycles. The van der Waals surface area contributed by atoms with E-state index in [1.165, 1.54) is 0 Å². The lowest BCUT2D eigenvalue weighted by molar-refractivity contribution is 0.0940. The van der Waals surface area contributed by atoms with Crippen LogP contribution >= 0.6 is 0 Å². The van der Waals surface area contributed by atoms with Crippen LogP contribution in [0.15, 0.2) is 24.3 Å². The van der Waals surface area contributed by atoms with E-state index in [0.29, 0.717) is 11.4 Å². The van der Waals surface area contributed by atoms with E-state index < -0.39 is 0 Å². The van der Waals surface area contributed by atoms with E-state index in [-0.39, 0.29) is 11.9 Å². The number of nitrogens with zero attached hydrogens (tertiary/aromatic N) is 4. The number of rotatable bonds is 3. The molecular weight excluding hydrogens is 280 g/mol. The molecule has 0 unspecified atom stereocenters. The summed E-state index contributed by atoms with van der Waals surface area (Å²) in [5.41, 5.74) is 3.29. The number of tetrazole rings is 1. The maximum Gasteiger partial charge on any atom is 0.252 e. The largest absolute Gasteiger partial charge is 0.342 e. The summed E-state index contributed by atoms with van der Waals surface area (Å²) in [7, 11) is 0. The summed E-state index contributed by atoms with van der Waals surface area (Å²) in [6, 6.07) is 7.34. The Morgan fingerprint density at radius 3 is 2.82 bits per heavy atom. The van der Waals surface area contributed by atoms with Crippen molar-refractivity contribution in [1.82, 2.24) is 30.9 Å². The van der Waals surface area contributed by atoms with Gasteiger partial charge in [0.15, 0.2) is 5.82 Å². The summed E-state index contributed by atoms with van der Waals surface area (Å²) >= 11 is 0. The van der Waals surface area contributed by atoms with E-state index in [1.807, 2.05) is 39.0 Å². The van der Waals surface area contributed by atoms with E-state index in [2.05, 4.69) is 30.9 Å². The van der Waals surface area contributed by atoms with Crippen molar-refractivity contribution in [3.63, 3.8) is 0 Å². The third kappa shape index (κ3) is 2.65. The van der Waals surface area contributed by atoms with Gasteiger partial charge in [0.05, 0.1) is 17.1 Å². The van der Waals surface area contributed by atoms with E-state index >= 15 is 0 Å². The second-order valence-electron chi connectivity index (χ2n) is 5.30. The molecule has 0 fully saturated rings. The van der Waals surface area contributed by atoms with Crippen LogP contribution in [0.2, 0.25) is 0 Å². The molecule has 0 aliphatic carbocycles. The fourth-order valence-electron chi connectivity index (χ4n) is 2.35. The molecular formula is C15H16N6O. The number of aromatic nitrogens is 5. The molecule has 0 aliphatic rings. The molecule has 7 heteroatoms. The molecule has 0 saturated heterocycles. The Morgan fingerprint density at radius 2 is 2.09 bits per heavy atom. The Balaban J connectivity index is 1.98. The van der Waals surface area contributed by atoms with E-state index in [4.69, 9.17) is 0 Å². The average molecular weight is 296 g/mol. The standard InChI is InChI=1S/C15H16N6O/c1-8-4-5-13-11(6-8)12(7-9(2)16-13)15(22)17-10(3)14-18-20-21-19-14/h4-7,10H,1-3H3,(H,17,22)(H,18,19,20,21)/t10-/m1/s1.